The number of carbonyl (C=O) groups is 2. The van der Waals surface area contributed by atoms with Crippen molar-refractivity contribution in [2.24, 2.45) is 0 Å². The Kier molecular flexibility index (Phi) is 6.82. The highest BCUT2D eigenvalue weighted by Crippen LogP contribution is 2.20. The summed E-state index contributed by atoms with van der Waals surface area (Å²) in [6.07, 6.45) is 0. The molecule has 1 aromatic carbocycles. The monoisotopic (exact) mass is 366 g/mol. The van der Waals surface area contributed by atoms with Gasteiger partial charge in [-0.25, -0.2) is 0 Å². The SMILES string of the molecule is O=C(O)CSc1nc(NCc2ccccc2)nc(SCC(=O)O)n1. The molecule has 126 valence electrons. The highest BCUT2D eigenvalue weighted by Gasteiger charge is 2.11. The van der Waals surface area contributed by atoms with Crippen molar-refractivity contribution in [1.82, 2.24) is 15.0 Å². The van der Waals surface area contributed by atoms with Crippen molar-refractivity contribution >= 4 is 41.4 Å². The average Bonchev–Trinajstić information content (AvgIpc) is 2.57. The molecule has 2 rings (SSSR count). The summed E-state index contributed by atoms with van der Waals surface area (Å²) in [6.45, 7) is 0.483. The molecule has 8 nitrogen and oxygen atoms in total. The van der Waals surface area contributed by atoms with E-state index in [1.54, 1.807) is 0 Å². The summed E-state index contributed by atoms with van der Waals surface area (Å²) >= 11 is 1.90. The Balaban J connectivity index is 2.11. The summed E-state index contributed by atoms with van der Waals surface area (Å²) in [6, 6.07) is 9.61. The summed E-state index contributed by atoms with van der Waals surface area (Å²) in [4.78, 5) is 33.7. The van der Waals surface area contributed by atoms with E-state index in [2.05, 4.69) is 20.3 Å². The van der Waals surface area contributed by atoms with Gasteiger partial charge in [0, 0.05) is 6.54 Å². The van der Waals surface area contributed by atoms with E-state index in [9.17, 15) is 9.59 Å². The van der Waals surface area contributed by atoms with Crippen LogP contribution >= 0.6 is 23.5 Å². The standard InChI is InChI=1S/C14H14N4O4S2/c19-10(20)7-23-13-16-12(15-6-9-4-2-1-3-5-9)17-14(18-13)24-8-11(21)22/h1-5H,6-8H2,(H,19,20)(H,21,22)(H,15,16,17,18). The number of carboxylic acids is 2. The summed E-state index contributed by atoms with van der Waals surface area (Å²) in [5, 5.41) is 21.0. The maximum absolute atomic E-state index is 10.7. The number of aromatic nitrogens is 3. The van der Waals surface area contributed by atoms with Gasteiger partial charge in [-0.15, -0.1) is 0 Å². The number of anilines is 1. The van der Waals surface area contributed by atoms with Crippen molar-refractivity contribution in [3.05, 3.63) is 35.9 Å². The molecule has 3 N–H and O–H groups in total. The fourth-order valence-corrected chi connectivity index (χ4v) is 2.74. The van der Waals surface area contributed by atoms with E-state index in [4.69, 9.17) is 10.2 Å². The minimum absolute atomic E-state index is 0.189. The molecule has 24 heavy (non-hydrogen) atoms. The number of nitrogens with zero attached hydrogens (tertiary/aromatic N) is 3. The van der Waals surface area contributed by atoms with Gasteiger partial charge in [-0.3, -0.25) is 9.59 Å². The lowest BCUT2D eigenvalue weighted by Crippen LogP contribution is -2.08. The zero-order valence-corrected chi connectivity index (χ0v) is 14.0. The second-order valence-electron chi connectivity index (χ2n) is 4.43. The van der Waals surface area contributed by atoms with E-state index >= 15 is 0 Å². The van der Waals surface area contributed by atoms with Crippen molar-refractivity contribution in [2.45, 2.75) is 16.9 Å². The number of rotatable bonds is 9. The second-order valence-corrected chi connectivity index (χ2v) is 6.31. The molecule has 0 fully saturated rings. The van der Waals surface area contributed by atoms with E-state index < -0.39 is 11.9 Å². The Morgan fingerprint density at radius 1 is 0.917 bits per heavy atom. The first-order valence-electron chi connectivity index (χ1n) is 6.76. The van der Waals surface area contributed by atoms with Gasteiger partial charge in [0.15, 0.2) is 10.3 Å². The summed E-state index contributed by atoms with van der Waals surface area (Å²) in [7, 11) is 0. The third-order valence-corrected chi connectivity index (χ3v) is 4.20. The van der Waals surface area contributed by atoms with Gasteiger partial charge in [0.2, 0.25) is 5.95 Å². The topological polar surface area (TPSA) is 125 Å². The lowest BCUT2D eigenvalue weighted by atomic mass is 10.2. The molecular weight excluding hydrogens is 352 g/mol. The molecule has 1 heterocycles. The van der Waals surface area contributed by atoms with Crippen LogP contribution in [0.4, 0.5) is 5.95 Å². The third kappa shape index (κ3) is 6.42. The molecule has 0 amide bonds. The van der Waals surface area contributed by atoms with Crippen LogP contribution in [0.25, 0.3) is 0 Å². The lowest BCUT2D eigenvalue weighted by Gasteiger charge is -2.08. The minimum atomic E-state index is -0.987. The number of benzene rings is 1. The predicted molar refractivity (Wildman–Crippen MR) is 90.3 cm³/mol. The van der Waals surface area contributed by atoms with Gasteiger partial charge in [0.25, 0.3) is 0 Å². The van der Waals surface area contributed by atoms with E-state index in [0.717, 1.165) is 29.1 Å². The largest absolute Gasteiger partial charge is 0.481 e. The van der Waals surface area contributed by atoms with Crippen LogP contribution in [-0.4, -0.2) is 48.6 Å². The Bertz CT molecular complexity index is 679. The van der Waals surface area contributed by atoms with Crippen LogP contribution in [0.5, 0.6) is 0 Å². The van der Waals surface area contributed by atoms with Crippen LogP contribution in [0.3, 0.4) is 0 Å². The molecule has 0 saturated carbocycles. The Morgan fingerprint density at radius 2 is 1.46 bits per heavy atom. The smallest absolute Gasteiger partial charge is 0.313 e. The quantitative estimate of drug-likeness (QED) is 0.566. The van der Waals surface area contributed by atoms with Crippen molar-refractivity contribution in [3.8, 4) is 0 Å². The molecule has 2 aromatic rings. The number of nitrogens with one attached hydrogen (secondary N) is 1. The molecule has 0 aliphatic heterocycles. The minimum Gasteiger partial charge on any atom is -0.481 e. The number of thioether (sulfide) groups is 2. The van der Waals surface area contributed by atoms with Gasteiger partial charge >= 0.3 is 11.9 Å². The molecule has 0 atom stereocenters. The van der Waals surface area contributed by atoms with Crippen LogP contribution < -0.4 is 5.32 Å². The van der Waals surface area contributed by atoms with E-state index in [-0.39, 0.29) is 27.8 Å². The molecule has 0 saturated heterocycles. The van der Waals surface area contributed by atoms with E-state index in [0.29, 0.717) is 6.54 Å². The maximum Gasteiger partial charge on any atom is 0.313 e. The van der Waals surface area contributed by atoms with Gasteiger partial charge in [0.05, 0.1) is 11.5 Å². The fraction of sp³-hybridized carbons (Fsp3) is 0.214. The first-order chi connectivity index (χ1) is 11.5. The normalized spacial score (nSPS) is 10.3. The summed E-state index contributed by atoms with van der Waals surface area (Å²) in [5.74, 6) is -2.08. The highest BCUT2D eigenvalue weighted by molar-refractivity contribution is 8.00. The van der Waals surface area contributed by atoms with Gasteiger partial charge in [-0.2, -0.15) is 15.0 Å². The van der Waals surface area contributed by atoms with Crippen molar-refractivity contribution < 1.29 is 19.8 Å². The predicted octanol–water partition coefficient (Wildman–Crippen LogP) is 1.84. The average molecular weight is 366 g/mol. The zero-order valence-electron chi connectivity index (χ0n) is 12.4. The van der Waals surface area contributed by atoms with Gasteiger partial charge < -0.3 is 15.5 Å². The molecule has 0 spiro atoms. The molecular formula is C14H14N4O4S2. The van der Waals surface area contributed by atoms with Crippen molar-refractivity contribution in [2.75, 3.05) is 16.8 Å². The number of hydrogen-bond acceptors (Lipinski definition) is 8. The summed E-state index contributed by atoms with van der Waals surface area (Å²) < 4.78 is 0. The molecule has 0 aliphatic rings. The van der Waals surface area contributed by atoms with E-state index in [1.807, 2.05) is 30.3 Å². The third-order valence-electron chi connectivity index (χ3n) is 2.54. The molecule has 0 aliphatic carbocycles. The molecule has 1 aromatic heterocycles. The van der Waals surface area contributed by atoms with Gasteiger partial charge in [-0.1, -0.05) is 53.9 Å². The molecule has 0 bridgehead atoms. The van der Waals surface area contributed by atoms with Crippen LogP contribution in [0, 0.1) is 0 Å². The maximum atomic E-state index is 10.7. The van der Waals surface area contributed by atoms with Crippen LogP contribution in [0.15, 0.2) is 40.6 Å². The van der Waals surface area contributed by atoms with E-state index in [1.165, 1.54) is 0 Å². The molecule has 10 heteroatoms. The van der Waals surface area contributed by atoms with Crippen LogP contribution in [-0.2, 0) is 16.1 Å². The van der Waals surface area contributed by atoms with Crippen molar-refractivity contribution in [1.29, 1.82) is 0 Å². The Labute approximate surface area is 146 Å². The van der Waals surface area contributed by atoms with Gasteiger partial charge in [-0.05, 0) is 5.56 Å². The number of aliphatic carboxylic acids is 2. The van der Waals surface area contributed by atoms with Crippen LogP contribution in [0.2, 0.25) is 0 Å². The second kappa shape index (κ2) is 9.08. The Hall–Kier alpha value is -2.33. The number of carboxylic acid groups (broad SMARTS) is 2. The Morgan fingerprint density at radius 3 is 1.96 bits per heavy atom. The molecule has 0 unspecified atom stereocenters. The highest BCUT2D eigenvalue weighted by atomic mass is 32.2. The first-order valence-corrected chi connectivity index (χ1v) is 8.73. The van der Waals surface area contributed by atoms with Crippen molar-refractivity contribution in [3.63, 3.8) is 0 Å². The fourth-order valence-electron chi connectivity index (χ4n) is 1.58. The first kappa shape index (κ1) is 18.0. The number of hydrogen-bond donors (Lipinski definition) is 3. The van der Waals surface area contributed by atoms with Crippen LogP contribution in [0.1, 0.15) is 5.56 Å². The summed E-state index contributed by atoms with van der Waals surface area (Å²) in [5.41, 5.74) is 1.03. The lowest BCUT2D eigenvalue weighted by molar-refractivity contribution is -0.134. The zero-order chi connectivity index (χ0) is 17.4. The van der Waals surface area contributed by atoms with Gasteiger partial charge in [0.1, 0.15) is 0 Å². The molecule has 0 radical (unpaired) electrons.